The number of alkyl halides is 3. The fourth-order valence-corrected chi connectivity index (χ4v) is 3.30. The molecular weight excluding hydrogens is 391 g/mol. The number of carboxylic acids is 1. The molecule has 2 aromatic rings. The van der Waals surface area contributed by atoms with Crippen LogP contribution in [0.4, 0.5) is 19.1 Å². The lowest BCUT2D eigenvalue weighted by Crippen LogP contribution is -2.51. The first-order valence-electron chi connectivity index (χ1n) is 8.92. The molecule has 4 rings (SSSR count). The molecule has 2 aliphatic rings. The van der Waals surface area contributed by atoms with Gasteiger partial charge in [-0.3, -0.25) is 9.88 Å². The number of aromatic nitrogens is 3. The topological polar surface area (TPSA) is 91.7 Å². The number of hydrogen-bond donors (Lipinski definition) is 1. The van der Waals surface area contributed by atoms with E-state index in [0.717, 1.165) is 44.4 Å². The van der Waals surface area contributed by atoms with Gasteiger partial charge in [-0.1, -0.05) is 6.07 Å². The molecule has 0 saturated carbocycles. The summed E-state index contributed by atoms with van der Waals surface area (Å²) in [5, 5.41) is 7.12. The molecule has 2 atom stereocenters. The molecular formula is C18H20F3N5O3. The number of fused-ring (bicyclic) bond motifs is 1. The Hall–Kier alpha value is -2.79. The van der Waals surface area contributed by atoms with E-state index in [0.29, 0.717) is 6.04 Å². The minimum absolute atomic E-state index is 0.223. The molecule has 156 valence electrons. The number of pyridine rings is 1. The smallest absolute Gasteiger partial charge is 0.475 e. The summed E-state index contributed by atoms with van der Waals surface area (Å²) in [5.41, 5.74) is 1.10. The van der Waals surface area contributed by atoms with Crippen molar-refractivity contribution >= 4 is 11.9 Å². The molecule has 0 aromatic carbocycles. The molecule has 0 bridgehead atoms. The predicted octanol–water partition coefficient (Wildman–Crippen LogP) is 1.59. The zero-order chi connectivity index (χ0) is 20.9. The second-order valence-electron chi connectivity index (χ2n) is 6.54. The van der Waals surface area contributed by atoms with Gasteiger partial charge < -0.3 is 14.7 Å². The van der Waals surface area contributed by atoms with Crippen LogP contribution in [0, 0.1) is 0 Å². The summed E-state index contributed by atoms with van der Waals surface area (Å²) in [5.74, 6) is -1.95. The molecule has 8 nitrogen and oxygen atoms in total. The zero-order valence-electron chi connectivity index (χ0n) is 15.4. The molecule has 4 heterocycles. The van der Waals surface area contributed by atoms with Gasteiger partial charge in [0.2, 0.25) is 5.95 Å². The highest BCUT2D eigenvalue weighted by molar-refractivity contribution is 5.73. The molecule has 0 amide bonds. The van der Waals surface area contributed by atoms with Gasteiger partial charge in [0.15, 0.2) is 0 Å². The van der Waals surface area contributed by atoms with Crippen molar-refractivity contribution in [2.75, 3.05) is 31.1 Å². The van der Waals surface area contributed by atoms with Gasteiger partial charge in [0.05, 0.1) is 24.4 Å². The number of nitrogens with zero attached hydrogens (tertiary/aromatic N) is 5. The molecule has 0 spiro atoms. The zero-order valence-corrected chi connectivity index (χ0v) is 15.4. The lowest BCUT2D eigenvalue weighted by molar-refractivity contribution is -0.192. The number of rotatable bonds is 3. The van der Waals surface area contributed by atoms with E-state index in [4.69, 9.17) is 14.6 Å². The van der Waals surface area contributed by atoms with Crippen LogP contribution in [-0.4, -0.2) is 75.5 Å². The lowest BCUT2D eigenvalue weighted by Gasteiger charge is -2.36. The molecule has 0 unspecified atom stereocenters. The van der Waals surface area contributed by atoms with Gasteiger partial charge in [-0.2, -0.15) is 13.2 Å². The maximum atomic E-state index is 10.6. The van der Waals surface area contributed by atoms with E-state index in [1.807, 2.05) is 24.4 Å². The third kappa shape index (κ3) is 5.61. The summed E-state index contributed by atoms with van der Waals surface area (Å²) in [6, 6.07) is 8.22. The normalized spacial score (nSPS) is 21.8. The van der Waals surface area contributed by atoms with Crippen molar-refractivity contribution in [3.63, 3.8) is 0 Å². The molecule has 2 saturated heterocycles. The van der Waals surface area contributed by atoms with Gasteiger partial charge in [-0.05, 0) is 18.2 Å². The maximum Gasteiger partial charge on any atom is 0.490 e. The number of ether oxygens (including phenoxy) is 1. The van der Waals surface area contributed by atoms with Crippen molar-refractivity contribution in [2.45, 2.75) is 24.9 Å². The number of morpholine rings is 1. The van der Waals surface area contributed by atoms with Crippen LogP contribution in [-0.2, 0) is 16.1 Å². The van der Waals surface area contributed by atoms with E-state index in [1.165, 1.54) is 0 Å². The monoisotopic (exact) mass is 411 g/mol. The van der Waals surface area contributed by atoms with E-state index in [9.17, 15) is 13.2 Å². The fraction of sp³-hybridized carbons (Fsp3) is 0.444. The molecule has 0 radical (unpaired) electrons. The van der Waals surface area contributed by atoms with Crippen LogP contribution in [0.1, 0.15) is 5.69 Å². The number of halogens is 3. The molecule has 2 fully saturated rings. The largest absolute Gasteiger partial charge is 0.490 e. The minimum Gasteiger partial charge on any atom is -0.475 e. The Morgan fingerprint density at radius 1 is 1.14 bits per heavy atom. The Labute approximate surface area is 165 Å². The summed E-state index contributed by atoms with van der Waals surface area (Å²) in [7, 11) is 0. The van der Waals surface area contributed by atoms with Crippen LogP contribution in [0.15, 0.2) is 42.9 Å². The second kappa shape index (κ2) is 9.14. The van der Waals surface area contributed by atoms with Gasteiger partial charge in [0.25, 0.3) is 0 Å². The maximum absolute atomic E-state index is 10.6. The molecule has 0 aliphatic carbocycles. The van der Waals surface area contributed by atoms with Crippen LogP contribution in [0.2, 0.25) is 0 Å². The quantitative estimate of drug-likeness (QED) is 0.814. The van der Waals surface area contributed by atoms with Gasteiger partial charge in [-0.25, -0.2) is 14.8 Å². The SMILES string of the molecule is O=C(O)C(F)(F)F.c1ccc(CN2C[C@@H]3OCCN(c4ncccn4)[C@@H]3C2)nc1. The van der Waals surface area contributed by atoms with Crippen molar-refractivity contribution in [3.8, 4) is 0 Å². The van der Waals surface area contributed by atoms with Crippen LogP contribution in [0.25, 0.3) is 0 Å². The second-order valence-corrected chi connectivity index (χ2v) is 6.54. The van der Waals surface area contributed by atoms with Crippen LogP contribution < -0.4 is 4.90 Å². The van der Waals surface area contributed by atoms with Crippen molar-refractivity contribution in [1.29, 1.82) is 0 Å². The first-order valence-corrected chi connectivity index (χ1v) is 8.92. The molecule has 2 aliphatic heterocycles. The Balaban J connectivity index is 0.000000298. The number of carbonyl (C=O) groups is 1. The number of likely N-dealkylation sites (tertiary alicyclic amines) is 1. The Bertz CT molecular complexity index is 794. The summed E-state index contributed by atoms with van der Waals surface area (Å²) in [4.78, 5) is 26.8. The standard InChI is InChI=1S/C16H19N5O.C2HF3O2/c1-2-5-17-13(4-1)10-20-11-14-15(12-20)22-9-8-21(14)16-18-6-3-7-19-16;3-2(4,5)1(6)7/h1-7,14-15H,8-12H2;(H,6,7)/t14-,15+;/m1./s1. The van der Waals surface area contributed by atoms with Gasteiger partial charge in [0, 0.05) is 44.8 Å². The molecule has 11 heteroatoms. The molecule has 2 aromatic heterocycles. The Morgan fingerprint density at radius 2 is 1.83 bits per heavy atom. The van der Waals surface area contributed by atoms with Crippen LogP contribution in [0.3, 0.4) is 0 Å². The first kappa shape index (κ1) is 20.9. The van der Waals surface area contributed by atoms with Crippen LogP contribution in [0.5, 0.6) is 0 Å². The fourth-order valence-electron chi connectivity index (χ4n) is 3.30. The van der Waals surface area contributed by atoms with Crippen molar-refractivity contribution < 1.29 is 27.8 Å². The van der Waals surface area contributed by atoms with Crippen molar-refractivity contribution in [2.24, 2.45) is 0 Å². The molecule has 29 heavy (non-hydrogen) atoms. The van der Waals surface area contributed by atoms with E-state index in [-0.39, 0.29) is 6.10 Å². The minimum atomic E-state index is -5.08. The number of carboxylic acid groups (broad SMARTS) is 1. The van der Waals surface area contributed by atoms with E-state index < -0.39 is 12.1 Å². The third-order valence-electron chi connectivity index (χ3n) is 4.54. The number of hydrogen-bond acceptors (Lipinski definition) is 7. The van der Waals surface area contributed by atoms with E-state index in [2.05, 4.69) is 30.8 Å². The Kier molecular flexibility index (Phi) is 6.60. The van der Waals surface area contributed by atoms with E-state index in [1.54, 1.807) is 12.4 Å². The van der Waals surface area contributed by atoms with Gasteiger partial charge in [0.1, 0.15) is 0 Å². The third-order valence-corrected chi connectivity index (χ3v) is 4.54. The highest BCUT2D eigenvalue weighted by Gasteiger charge is 2.41. The highest BCUT2D eigenvalue weighted by Crippen LogP contribution is 2.26. The van der Waals surface area contributed by atoms with Gasteiger partial charge >= 0.3 is 12.1 Å². The van der Waals surface area contributed by atoms with Crippen molar-refractivity contribution in [1.82, 2.24) is 19.9 Å². The van der Waals surface area contributed by atoms with Gasteiger partial charge in [-0.15, -0.1) is 0 Å². The summed E-state index contributed by atoms with van der Waals surface area (Å²) in [6.07, 6.45) is 0.584. The Morgan fingerprint density at radius 3 is 2.45 bits per heavy atom. The van der Waals surface area contributed by atoms with Crippen LogP contribution >= 0.6 is 0 Å². The predicted molar refractivity (Wildman–Crippen MR) is 96.1 cm³/mol. The highest BCUT2D eigenvalue weighted by atomic mass is 19.4. The molecule has 1 N–H and O–H groups in total. The summed E-state index contributed by atoms with van der Waals surface area (Å²) in [6.45, 7) is 4.34. The lowest BCUT2D eigenvalue weighted by atomic mass is 10.1. The average Bonchev–Trinajstić information content (AvgIpc) is 3.11. The van der Waals surface area contributed by atoms with E-state index >= 15 is 0 Å². The first-order chi connectivity index (χ1) is 13.8. The number of anilines is 1. The number of aliphatic carboxylic acids is 1. The summed E-state index contributed by atoms with van der Waals surface area (Å²) < 4.78 is 37.7. The summed E-state index contributed by atoms with van der Waals surface area (Å²) >= 11 is 0. The van der Waals surface area contributed by atoms with Crippen molar-refractivity contribution in [3.05, 3.63) is 48.5 Å². The average molecular weight is 411 g/mol.